The summed E-state index contributed by atoms with van der Waals surface area (Å²) >= 11 is 0. The first-order valence-electron chi connectivity index (χ1n) is 7.18. The van der Waals surface area contributed by atoms with Gasteiger partial charge in [0.2, 0.25) is 5.91 Å². The Morgan fingerprint density at radius 1 is 1.17 bits per heavy atom. The maximum absolute atomic E-state index is 12.0. The van der Waals surface area contributed by atoms with Crippen molar-refractivity contribution in [3.63, 3.8) is 0 Å². The normalized spacial score (nSPS) is 11.6. The smallest absolute Gasteiger partial charge is 0.355 e. The topological polar surface area (TPSA) is 88.3 Å². The van der Waals surface area contributed by atoms with E-state index in [-0.39, 0.29) is 24.3 Å². The second kappa shape index (κ2) is 7.40. The number of amides is 1. The van der Waals surface area contributed by atoms with Crippen LogP contribution in [0, 0.1) is 0 Å². The number of H-pyrrole nitrogens is 1. The average Bonchev–Trinajstić information content (AvgIpc) is 3.06. The predicted octanol–water partition coefficient (Wildman–Crippen LogP) is 2.25. The molecule has 0 spiro atoms. The minimum atomic E-state index is -0.570. The standard InChI is InChI=1S/C17H18N2O4/c1-11(19-12(2)20)13-5-7-14(8-6-13)16(21)10-23-17(22)15-4-3-9-18-15/h3-9,11,18H,10H2,1-2H3,(H,19,20)/t11-/m0/s1. The largest absolute Gasteiger partial charge is 0.453 e. The number of Topliss-reactive ketones (excluding diaryl/α,β-unsaturated/α-hetero) is 1. The number of carbonyl (C=O) groups excluding carboxylic acids is 3. The third kappa shape index (κ3) is 4.54. The van der Waals surface area contributed by atoms with Gasteiger partial charge in [-0.25, -0.2) is 4.79 Å². The summed E-state index contributed by atoms with van der Waals surface area (Å²) in [6.07, 6.45) is 1.60. The van der Waals surface area contributed by atoms with Gasteiger partial charge < -0.3 is 15.0 Å². The Bertz CT molecular complexity index is 690. The van der Waals surface area contributed by atoms with E-state index in [4.69, 9.17) is 4.74 Å². The number of hydrogen-bond donors (Lipinski definition) is 2. The van der Waals surface area contributed by atoms with Crippen LogP contribution in [-0.4, -0.2) is 29.3 Å². The quantitative estimate of drug-likeness (QED) is 0.632. The summed E-state index contributed by atoms with van der Waals surface area (Å²) in [5.74, 6) is -0.975. The van der Waals surface area contributed by atoms with E-state index in [0.717, 1.165) is 5.56 Å². The van der Waals surface area contributed by atoms with Gasteiger partial charge in [-0.05, 0) is 24.6 Å². The number of nitrogens with one attached hydrogen (secondary N) is 2. The Labute approximate surface area is 133 Å². The van der Waals surface area contributed by atoms with E-state index in [1.807, 2.05) is 6.92 Å². The molecule has 0 aliphatic heterocycles. The van der Waals surface area contributed by atoms with Gasteiger partial charge in [0, 0.05) is 18.7 Å². The van der Waals surface area contributed by atoms with Crippen molar-refractivity contribution >= 4 is 17.7 Å². The molecular formula is C17H18N2O4. The fourth-order valence-electron chi connectivity index (χ4n) is 2.10. The molecule has 0 unspecified atom stereocenters. The lowest BCUT2D eigenvalue weighted by Gasteiger charge is -2.13. The molecule has 1 aromatic carbocycles. The molecule has 1 atom stereocenters. The Morgan fingerprint density at radius 2 is 1.87 bits per heavy atom. The number of esters is 1. The lowest BCUT2D eigenvalue weighted by Crippen LogP contribution is -2.23. The highest BCUT2D eigenvalue weighted by Gasteiger charge is 2.13. The van der Waals surface area contributed by atoms with Gasteiger partial charge in [0.25, 0.3) is 0 Å². The molecule has 1 aromatic heterocycles. The summed E-state index contributed by atoms with van der Waals surface area (Å²) in [4.78, 5) is 37.4. The molecule has 0 fully saturated rings. The Balaban J connectivity index is 1.92. The lowest BCUT2D eigenvalue weighted by molar-refractivity contribution is -0.119. The van der Waals surface area contributed by atoms with Gasteiger partial charge in [-0.15, -0.1) is 0 Å². The first-order chi connectivity index (χ1) is 11.0. The SMILES string of the molecule is CC(=O)N[C@@H](C)c1ccc(C(=O)COC(=O)c2ccc[nH]2)cc1. The van der Waals surface area contributed by atoms with E-state index in [2.05, 4.69) is 10.3 Å². The van der Waals surface area contributed by atoms with Crippen molar-refractivity contribution in [2.45, 2.75) is 19.9 Å². The molecule has 6 heteroatoms. The van der Waals surface area contributed by atoms with Crippen LogP contribution in [-0.2, 0) is 9.53 Å². The summed E-state index contributed by atoms with van der Waals surface area (Å²) in [7, 11) is 0. The van der Waals surface area contributed by atoms with Crippen LogP contribution in [0.15, 0.2) is 42.6 Å². The van der Waals surface area contributed by atoms with E-state index < -0.39 is 5.97 Å². The monoisotopic (exact) mass is 314 g/mol. The van der Waals surface area contributed by atoms with Crippen molar-refractivity contribution in [3.05, 3.63) is 59.4 Å². The third-order valence-electron chi connectivity index (χ3n) is 3.30. The number of aromatic amines is 1. The molecule has 120 valence electrons. The van der Waals surface area contributed by atoms with Crippen LogP contribution < -0.4 is 5.32 Å². The number of aromatic nitrogens is 1. The van der Waals surface area contributed by atoms with Crippen LogP contribution in [0.5, 0.6) is 0 Å². The summed E-state index contributed by atoms with van der Waals surface area (Å²) in [6, 6.07) is 9.94. The highest BCUT2D eigenvalue weighted by molar-refractivity contribution is 5.99. The predicted molar refractivity (Wildman–Crippen MR) is 84.1 cm³/mol. The van der Waals surface area contributed by atoms with Gasteiger partial charge in [0.1, 0.15) is 5.69 Å². The van der Waals surface area contributed by atoms with Crippen LogP contribution in [0.2, 0.25) is 0 Å². The summed E-state index contributed by atoms with van der Waals surface area (Å²) in [5.41, 5.74) is 1.64. The molecule has 0 bridgehead atoms. The maximum atomic E-state index is 12.0. The van der Waals surface area contributed by atoms with E-state index in [1.54, 1.807) is 42.6 Å². The first-order valence-corrected chi connectivity index (χ1v) is 7.18. The molecule has 2 aromatic rings. The van der Waals surface area contributed by atoms with Crippen molar-refractivity contribution in [2.75, 3.05) is 6.61 Å². The van der Waals surface area contributed by atoms with Crippen LogP contribution in [0.1, 0.15) is 46.3 Å². The van der Waals surface area contributed by atoms with Crippen LogP contribution >= 0.6 is 0 Å². The van der Waals surface area contributed by atoms with Crippen molar-refractivity contribution < 1.29 is 19.1 Å². The minimum Gasteiger partial charge on any atom is -0.453 e. The molecule has 0 saturated heterocycles. The molecule has 0 aliphatic carbocycles. The molecule has 1 heterocycles. The molecular weight excluding hydrogens is 296 g/mol. The van der Waals surface area contributed by atoms with E-state index in [1.165, 1.54) is 6.92 Å². The average molecular weight is 314 g/mol. The first kappa shape index (κ1) is 16.5. The zero-order chi connectivity index (χ0) is 16.8. The number of ketones is 1. The van der Waals surface area contributed by atoms with Crippen molar-refractivity contribution in [1.82, 2.24) is 10.3 Å². The highest BCUT2D eigenvalue weighted by atomic mass is 16.5. The molecule has 0 saturated carbocycles. The van der Waals surface area contributed by atoms with E-state index in [9.17, 15) is 14.4 Å². The molecule has 1 amide bonds. The lowest BCUT2D eigenvalue weighted by atomic mass is 10.0. The van der Waals surface area contributed by atoms with Gasteiger partial charge in [0.05, 0.1) is 6.04 Å². The Morgan fingerprint density at radius 3 is 2.43 bits per heavy atom. The van der Waals surface area contributed by atoms with E-state index >= 15 is 0 Å². The second-order valence-corrected chi connectivity index (χ2v) is 5.13. The maximum Gasteiger partial charge on any atom is 0.355 e. The van der Waals surface area contributed by atoms with Crippen molar-refractivity contribution in [3.8, 4) is 0 Å². The molecule has 6 nitrogen and oxygen atoms in total. The van der Waals surface area contributed by atoms with Gasteiger partial charge in [-0.2, -0.15) is 0 Å². The molecule has 0 aliphatic rings. The van der Waals surface area contributed by atoms with E-state index in [0.29, 0.717) is 11.3 Å². The van der Waals surface area contributed by atoms with Gasteiger partial charge in [0.15, 0.2) is 12.4 Å². The second-order valence-electron chi connectivity index (χ2n) is 5.13. The number of benzene rings is 1. The van der Waals surface area contributed by atoms with Crippen LogP contribution in [0.4, 0.5) is 0 Å². The van der Waals surface area contributed by atoms with Crippen molar-refractivity contribution in [2.24, 2.45) is 0 Å². The molecule has 0 radical (unpaired) electrons. The number of carbonyl (C=O) groups is 3. The number of hydrogen-bond acceptors (Lipinski definition) is 4. The summed E-state index contributed by atoms with van der Waals surface area (Å²) in [5, 5.41) is 2.77. The number of ether oxygens (including phenoxy) is 1. The van der Waals surface area contributed by atoms with Crippen LogP contribution in [0.3, 0.4) is 0 Å². The van der Waals surface area contributed by atoms with Gasteiger partial charge in [-0.1, -0.05) is 24.3 Å². The molecule has 2 N–H and O–H groups in total. The molecule has 23 heavy (non-hydrogen) atoms. The van der Waals surface area contributed by atoms with Gasteiger partial charge in [-0.3, -0.25) is 9.59 Å². The third-order valence-corrected chi connectivity index (χ3v) is 3.30. The minimum absolute atomic E-state index is 0.117. The zero-order valence-electron chi connectivity index (χ0n) is 13.0. The summed E-state index contributed by atoms with van der Waals surface area (Å²) < 4.78 is 4.96. The zero-order valence-corrected chi connectivity index (χ0v) is 13.0. The molecule has 2 rings (SSSR count). The van der Waals surface area contributed by atoms with Gasteiger partial charge >= 0.3 is 5.97 Å². The highest BCUT2D eigenvalue weighted by Crippen LogP contribution is 2.14. The summed E-state index contributed by atoms with van der Waals surface area (Å²) in [6.45, 7) is 2.99. The van der Waals surface area contributed by atoms with Crippen molar-refractivity contribution in [1.29, 1.82) is 0 Å². The Kier molecular flexibility index (Phi) is 5.30. The number of rotatable bonds is 6. The Hall–Kier alpha value is -2.89. The fraction of sp³-hybridized carbons (Fsp3) is 0.235. The van der Waals surface area contributed by atoms with Crippen LogP contribution in [0.25, 0.3) is 0 Å². The fourth-order valence-corrected chi connectivity index (χ4v) is 2.10.